The Hall–Kier alpha value is -1.30. The summed E-state index contributed by atoms with van der Waals surface area (Å²) in [5.74, 6) is -1.84. The van der Waals surface area contributed by atoms with Crippen LogP contribution in [0.5, 0.6) is 0 Å². The van der Waals surface area contributed by atoms with Gasteiger partial charge >= 0.3 is 6.18 Å². The van der Waals surface area contributed by atoms with Crippen molar-refractivity contribution in [3.63, 3.8) is 0 Å². The molecule has 1 aromatic heterocycles. The van der Waals surface area contributed by atoms with Crippen molar-refractivity contribution < 1.29 is 18.0 Å². The zero-order chi connectivity index (χ0) is 12.8. The Morgan fingerprint density at radius 1 is 1.35 bits per heavy atom. The molecule has 0 aliphatic rings. The van der Waals surface area contributed by atoms with Gasteiger partial charge in [0, 0.05) is 21.6 Å². The minimum Gasteiger partial charge on any atom is -0.360 e. The molecule has 0 radical (unpaired) electrons. The molecule has 0 saturated heterocycles. The van der Waals surface area contributed by atoms with Crippen molar-refractivity contribution in [3.8, 4) is 0 Å². The molecule has 2 nitrogen and oxygen atoms in total. The number of hydrogen-bond donors (Lipinski definition) is 1. The van der Waals surface area contributed by atoms with Gasteiger partial charge in [-0.05, 0) is 34.5 Å². The molecule has 2 rings (SSSR count). The van der Waals surface area contributed by atoms with Gasteiger partial charge in [0.25, 0.3) is 5.78 Å². The standard InChI is InChI=1S/C11H7BrF3NO/c1-5-2-3-7-8(9(5)12)6(4-16-7)10(17)11(13,14)15/h2-4,16H,1H3. The van der Waals surface area contributed by atoms with Crippen molar-refractivity contribution in [2.75, 3.05) is 0 Å². The van der Waals surface area contributed by atoms with Crippen LogP contribution in [-0.2, 0) is 0 Å². The highest BCUT2D eigenvalue weighted by Crippen LogP contribution is 2.33. The fourth-order valence-electron chi connectivity index (χ4n) is 1.62. The predicted molar refractivity (Wildman–Crippen MR) is 61.1 cm³/mol. The summed E-state index contributed by atoms with van der Waals surface area (Å²) < 4.78 is 37.7. The largest absolute Gasteiger partial charge is 0.454 e. The molecule has 1 heterocycles. The highest BCUT2D eigenvalue weighted by atomic mass is 79.9. The van der Waals surface area contributed by atoms with Crippen LogP contribution in [0.1, 0.15) is 15.9 Å². The second kappa shape index (κ2) is 3.87. The number of hydrogen-bond acceptors (Lipinski definition) is 1. The third-order valence-electron chi connectivity index (χ3n) is 2.48. The van der Waals surface area contributed by atoms with Gasteiger partial charge < -0.3 is 4.98 Å². The monoisotopic (exact) mass is 305 g/mol. The Balaban J connectivity index is 2.72. The number of aromatic amines is 1. The molecule has 0 saturated carbocycles. The number of halogens is 4. The van der Waals surface area contributed by atoms with E-state index in [1.54, 1.807) is 19.1 Å². The summed E-state index contributed by atoms with van der Waals surface area (Å²) in [6, 6.07) is 3.40. The van der Waals surface area contributed by atoms with E-state index in [0.29, 0.717) is 9.99 Å². The van der Waals surface area contributed by atoms with Crippen LogP contribution in [0.3, 0.4) is 0 Å². The van der Waals surface area contributed by atoms with Crippen LogP contribution in [0.25, 0.3) is 10.9 Å². The second-order valence-electron chi connectivity index (χ2n) is 3.65. The van der Waals surface area contributed by atoms with Crippen LogP contribution in [0.4, 0.5) is 13.2 Å². The summed E-state index contributed by atoms with van der Waals surface area (Å²) in [5, 5.41) is 0.271. The van der Waals surface area contributed by atoms with Gasteiger partial charge in [-0.25, -0.2) is 0 Å². The summed E-state index contributed by atoms with van der Waals surface area (Å²) in [5.41, 5.74) is 0.909. The van der Waals surface area contributed by atoms with E-state index in [4.69, 9.17) is 0 Å². The van der Waals surface area contributed by atoms with Gasteiger partial charge in [-0.15, -0.1) is 0 Å². The third-order valence-corrected chi connectivity index (χ3v) is 3.50. The van der Waals surface area contributed by atoms with Crippen LogP contribution in [0, 0.1) is 6.92 Å². The molecule has 0 aliphatic carbocycles. The number of Topliss-reactive ketones (excluding diaryl/α,β-unsaturated/α-hetero) is 1. The van der Waals surface area contributed by atoms with Gasteiger partial charge in [0.15, 0.2) is 0 Å². The SMILES string of the molecule is Cc1ccc2[nH]cc(C(=O)C(F)(F)F)c2c1Br. The van der Waals surface area contributed by atoms with Crippen molar-refractivity contribution in [2.24, 2.45) is 0 Å². The lowest BCUT2D eigenvalue weighted by molar-refractivity contribution is -0.0884. The number of H-pyrrole nitrogens is 1. The van der Waals surface area contributed by atoms with Crippen LogP contribution in [0.15, 0.2) is 22.8 Å². The summed E-state index contributed by atoms with van der Waals surface area (Å²) in [7, 11) is 0. The van der Waals surface area contributed by atoms with Crippen LogP contribution < -0.4 is 0 Å². The smallest absolute Gasteiger partial charge is 0.360 e. The second-order valence-corrected chi connectivity index (χ2v) is 4.44. The van der Waals surface area contributed by atoms with Gasteiger partial charge in [0.2, 0.25) is 0 Å². The first-order chi connectivity index (χ1) is 7.82. The number of carbonyl (C=O) groups is 1. The number of alkyl halides is 3. The van der Waals surface area contributed by atoms with Crippen LogP contribution in [-0.4, -0.2) is 16.9 Å². The van der Waals surface area contributed by atoms with Gasteiger partial charge in [-0.1, -0.05) is 6.07 Å². The van der Waals surface area contributed by atoms with E-state index in [1.807, 2.05) is 0 Å². The zero-order valence-electron chi connectivity index (χ0n) is 8.65. The summed E-state index contributed by atoms with van der Waals surface area (Å²) in [6.07, 6.45) is -3.77. The minimum absolute atomic E-state index is 0.271. The number of fused-ring (bicyclic) bond motifs is 1. The van der Waals surface area contributed by atoms with Crippen LogP contribution in [0.2, 0.25) is 0 Å². The fourth-order valence-corrected chi connectivity index (χ4v) is 2.18. The Kier molecular flexibility index (Phi) is 2.77. The molecule has 1 aromatic carbocycles. The van der Waals surface area contributed by atoms with Crippen molar-refractivity contribution in [1.29, 1.82) is 0 Å². The summed E-state index contributed by atoms with van der Waals surface area (Å²) in [4.78, 5) is 13.9. The molecular formula is C11H7BrF3NO. The summed E-state index contributed by atoms with van der Waals surface area (Å²) in [6.45, 7) is 1.75. The Labute approximate surface area is 103 Å². The number of aryl methyl sites for hydroxylation is 1. The van der Waals surface area contributed by atoms with E-state index in [9.17, 15) is 18.0 Å². The maximum absolute atomic E-state index is 12.4. The highest BCUT2D eigenvalue weighted by Gasteiger charge is 2.40. The van der Waals surface area contributed by atoms with Crippen molar-refractivity contribution in [2.45, 2.75) is 13.1 Å². The number of rotatable bonds is 1. The Morgan fingerprint density at radius 3 is 2.59 bits per heavy atom. The van der Waals surface area contributed by atoms with Gasteiger partial charge in [0.1, 0.15) is 0 Å². The lowest BCUT2D eigenvalue weighted by Crippen LogP contribution is -2.22. The lowest BCUT2D eigenvalue weighted by Gasteiger charge is -2.05. The molecule has 0 fully saturated rings. The molecule has 0 unspecified atom stereocenters. The Bertz CT molecular complexity index is 601. The molecular weight excluding hydrogens is 299 g/mol. The average Bonchev–Trinajstić information content (AvgIpc) is 2.65. The van der Waals surface area contributed by atoms with E-state index < -0.39 is 12.0 Å². The molecule has 0 atom stereocenters. The first-order valence-electron chi connectivity index (χ1n) is 4.70. The van der Waals surface area contributed by atoms with E-state index in [0.717, 1.165) is 11.8 Å². The highest BCUT2D eigenvalue weighted by molar-refractivity contribution is 9.10. The number of ketones is 1. The maximum atomic E-state index is 12.4. The van der Waals surface area contributed by atoms with E-state index in [2.05, 4.69) is 20.9 Å². The zero-order valence-corrected chi connectivity index (χ0v) is 10.2. The lowest BCUT2D eigenvalue weighted by atomic mass is 10.1. The van der Waals surface area contributed by atoms with Crippen molar-refractivity contribution in [3.05, 3.63) is 33.9 Å². The molecule has 17 heavy (non-hydrogen) atoms. The van der Waals surface area contributed by atoms with Crippen LogP contribution >= 0.6 is 15.9 Å². The maximum Gasteiger partial charge on any atom is 0.454 e. The van der Waals surface area contributed by atoms with Gasteiger partial charge in [0.05, 0.1) is 5.56 Å². The first kappa shape index (κ1) is 12.2. The predicted octanol–water partition coefficient (Wildman–Crippen LogP) is 3.98. The number of aromatic nitrogens is 1. The topological polar surface area (TPSA) is 32.9 Å². The van der Waals surface area contributed by atoms with Gasteiger partial charge in [-0.3, -0.25) is 4.79 Å². The van der Waals surface area contributed by atoms with Crippen molar-refractivity contribution >= 4 is 32.6 Å². The quantitative estimate of drug-likeness (QED) is 0.794. The number of benzene rings is 1. The molecule has 0 spiro atoms. The van der Waals surface area contributed by atoms with E-state index in [1.165, 1.54) is 0 Å². The number of nitrogens with one attached hydrogen (secondary N) is 1. The van der Waals surface area contributed by atoms with E-state index >= 15 is 0 Å². The molecule has 2 aromatic rings. The number of carbonyl (C=O) groups excluding carboxylic acids is 1. The molecule has 1 N–H and O–H groups in total. The molecule has 90 valence electrons. The first-order valence-corrected chi connectivity index (χ1v) is 5.49. The molecule has 6 heteroatoms. The van der Waals surface area contributed by atoms with Crippen molar-refractivity contribution in [1.82, 2.24) is 4.98 Å². The normalized spacial score (nSPS) is 12.1. The molecule has 0 aliphatic heterocycles. The molecule has 0 amide bonds. The Morgan fingerprint density at radius 2 is 2.00 bits per heavy atom. The summed E-state index contributed by atoms with van der Waals surface area (Å²) >= 11 is 3.21. The fraction of sp³-hybridized carbons (Fsp3) is 0.182. The van der Waals surface area contributed by atoms with E-state index in [-0.39, 0.29) is 10.9 Å². The average molecular weight is 306 g/mol. The third kappa shape index (κ3) is 1.97. The van der Waals surface area contributed by atoms with Gasteiger partial charge in [-0.2, -0.15) is 13.2 Å². The molecule has 0 bridgehead atoms. The minimum atomic E-state index is -4.86.